The van der Waals surface area contributed by atoms with Gasteiger partial charge >= 0.3 is 0 Å². The van der Waals surface area contributed by atoms with Crippen molar-refractivity contribution in [2.45, 2.75) is 26.2 Å². The molecule has 1 aromatic carbocycles. The van der Waals surface area contributed by atoms with Gasteiger partial charge in [0.15, 0.2) is 0 Å². The Bertz CT molecular complexity index is 583. The smallest absolute Gasteiger partial charge is 0.235 e. The van der Waals surface area contributed by atoms with Gasteiger partial charge in [-0.1, -0.05) is 19.1 Å². The van der Waals surface area contributed by atoms with Gasteiger partial charge in [0.2, 0.25) is 10.0 Å². The monoisotopic (exact) mass is 280 g/mol. The standard InChI is InChI=1S/C14H20N2O2S/c1-2-11-19(17,18)16-10-9-15-8-4-6-12-5-3-7-13(16)14(12)15/h3,5,7H,2,4,6,8-11H2,1H3. The highest BCUT2D eigenvalue weighted by molar-refractivity contribution is 7.92. The maximum Gasteiger partial charge on any atom is 0.235 e. The summed E-state index contributed by atoms with van der Waals surface area (Å²) in [5.74, 6) is 0.233. The third-order valence-corrected chi connectivity index (χ3v) is 5.90. The average molecular weight is 280 g/mol. The molecule has 0 fully saturated rings. The van der Waals surface area contributed by atoms with Gasteiger partial charge in [0.1, 0.15) is 0 Å². The van der Waals surface area contributed by atoms with Gasteiger partial charge in [-0.25, -0.2) is 8.42 Å². The molecule has 104 valence electrons. The van der Waals surface area contributed by atoms with E-state index in [4.69, 9.17) is 0 Å². The molecule has 0 N–H and O–H groups in total. The molecule has 19 heavy (non-hydrogen) atoms. The van der Waals surface area contributed by atoms with Crippen LogP contribution >= 0.6 is 0 Å². The number of rotatable bonds is 3. The molecule has 1 aromatic rings. The van der Waals surface area contributed by atoms with Crippen LogP contribution in [0.25, 0.3) is 0 Å². The number of hydrogen-bond acceptors (Lipinski definition) is 3. The van der Waals surface area contributed by atoms with Crippen LogP contribution in [0.15, 0.2) is 18.2 Å². The van der Waals surface area contributed by atoms with Gasteiger partial charge in [-0.2, -0.15) is 0 Å². The Kier molecular flexibility index (Phi) is 3.17. The molecule has 2 heterocycles. The normalized spacial score (nSPS) is 18.4. The Hall–Kier alpha value is -1.23. The lowest BCUT2D eigenvalue weighted by Gasteiger charge is -2.41. The first kappa shape index (κ1) is 12.8. The van der Waals surface area contributed by atoms with Crippen LogP contribution in [0.3, 0.4) is 0 Å². The van der Waals surface area contributed by atoms with Gasteiger partial charge in [0.05, 0.1) is 23.7 Å². The first-order valence-electron chi connectivity index (χ1n) is 7.01. The zero-order chi connectivity index (χ0) is 13.5. The van der Waals surface area contributed by atoms with E-state index in [2.05, 4.69) is 11.0 Å². The Morgan fingerprint density at radius 2 is 2.05 bits per heavy atom. The molecule has 2 aliphatic heterocycles. The van der Waals surface area contributed by atoms with Gasteiger partial charge in [0, 0.05) is 13.1 Å². The van der Waals surface area contributed by atoms with Crippen molar-refractivity contribution in [1.82, 2.24) is 0 Å². The minimum atomic E-state index is -3.16. The largest absolute Gasteiger partial charge is 0.368 e. The summed E-state index contributed by atoms with van der Waals surface area (Å²) >= 11 is 0. The highest BCUT2D eigenvalue weighted by atomic mass is 32.2. The van der Waals surface area contributed by atoms with Gasteiger partial charge in [-0.3, -0.25) is 4.31 Å². The molecule has 3 rings (SSSR count). The highest BCUT2D eigenvalue weighted by Gasteiger charge is 2.32. The summed E-state index contributed by atoms with van der Waals surface area (Å²) < 4.78 is 26.4. The van der Waals surface area contributed by atoms with Gasteiger partial charge in [0.25, 0.3) is 0 Å². The third-order valence-electron chi connectivity index (χ3n) is 3.93. The summed E-state index contributed by atoms with van der Waals surface area (Å²) in [6.45, 7) is 4.35. The Balaban J connectivity index is 2.08. The fraction of sp³-hybridized carbons (Fsp3) is 0.571. The van der Waals surface area contributed by atoms with Gasteiger partial charge in [-0.15, -0.1) is 0 Å². The second-order valence-electron chi connectivity index (χ2n) is 5.26. The van der Waals surface area contributed by atoms with Crippen molar-refractivity contribution in [2.75, 3.05) is 34.6 Å². The molecule has 0 bridgehead atoms. The van der Waals surface area contributed by atoms with Crippen LogP contribution in [0.4, 0.5) is 11.4 Å². The van der Waals surface area contributed by atoms with E-state index >= 15 is 0 Å². The lowest BCUT2D eigenvalue weighted by molar-refractivity contribution is 0.584. The van der Waals surface area contributed by atoms with Crippen molar-refractivity contribution in [3.05, 3.63) is 23.8 Å². The molecule has 0 aliphatic carbocycles. The Labute approximate surface area is 115 Å². The van der Waals surface area contributed by atoms with E-state index in [1.165, 1.54) is 5.56 Å². The van der Waals surface area contributed by atoms with E-state index in [0.29, 0.717) is 13.0 Å². The summed E-state index contributed by atoms with van der Waals surface area (Å²) in [5, 5.41) is 0. The predicted molar refractivity (Wildman–Crippen MR) is 78.4 cm³/mol. The molecule has 2 aliphatic rings. The van der Waals surface area contributed by atoms with Crippen LogP contribution in [-0.4, -0.2) is 33.8 Å². The number of nitrogens with zero attached hydrogens (tertiary/aromatic N) is 2. The molecule has 0 spiro atoms. The number of hydrogen-bond donors (Lipinski definition) is 0. The fourth-order valence-corrected chi connectivity index (χ4v) is 4.67. The maximum atomic E-state index is 12.4. The lowest BCUT2D eigenvalue weighted by atomic mass is 9.99. The second kappa shape index (κ2) is 4.71. The van der Waals surface area contributed by atoms with E-state index in [0.717, 1.165) is 37.3 Å². The van der Waals surface area contributed by atoms with Crippen molar-refractivity contribution in [1.29, 1.82) is 0 Å². The molecular formula is C14H20N2O2S. The van der Waals surface area contributed by atoms with E-state index < -0.39 is 10.0 Å². The van der Waals surface area contributed by atoms with Crippen LogP contribution in [0.5, 0.6) is 0 Å². The summed E-state index contributed by atoms with van der Waals surface area (Å²) in [6.07, 6.45) is 2.89. The van der Waals surface area contributed by atoms with Crippen molar-refractivity contribution < 1.29 is 8.42 Å². The van der Waals surface area contributed by atoms with Gasteiger partial charge < -0.3 is 4.90 Å². The van der Waals surface area contributed by atoms with E-state index in [1.807, 2.05) is 19.1 Å². The molecule has 4 nitrogen and oxygen atoms in total. The zero-order valence-electron chi connectivity index (χ0n) is 11.3. The minimum Gasteiger partial charge on any atom is -0.368 e. The van der Waals surface area contributed by atoms with Crippen molar-refractivity contribution in [3.8, 4) is 0 Å². The van der Waals surface area contributed by atoms with Crippen LogP contribution < -0.4 is 9.21 Å². The summed E-state index contributed by atoms with van der Waals surface area (Å²) in [5.41, 5.74) is 3.33. The highest BCUT2D eigenvalue weighted by Crippen LogP contribution is 2.40. The molecule has 0 radical (unpaired) electrons. The molecule has 0 aromatic heterocycles. The molecular weight excluding hydrogens is 260 g/mol. The zero-order valence-corrected chi connectivity index (χ0v) is 12.1. The number of sulfonamides is 1. The number of aryl methyl sites for hydroxylation is 1. The number of para-hydroxylation sites is 1. The van der Waals surface area contributed by atoms with Crippen LogP contribution in [-0.2, 0) is 16.4 Å². The van der Waals surface area contributed by atoms with Crippen molar-refractivity contribution >= 4 is 21.4 Å². The Morgan fingerprint density at radius 3 is 2.84 bits per heavy atom. The molecule has 0 saturated heterocycles. The number of benzene rings is 1. The first-order chi connectivity index (χ1) is 9.13. The lowest BCUT2D eigenvalue weighted by Crippen LogP contribution is -2.46. The summed E-state index contributed by atoms with van der Waals surface area (Å²) in [6, 6.07) is 6.06. The molecule has 0 amide bonds. The molecule has 0 atom stereocenters. The molecule has 0 saturated carbocycles. The Morgan fingerprint density at radius 1 is 1.21 bits per heavy atom. The molecule has 0 unspecified atom stereocenters. The maximum absolute atomic E-state index is 12.4. The third kappa shape index (κ3) is 2.10. The van der Waals surface area contributed by atoms with Crippen molar-refractivity contribution in [3.63, 3.8) is 0 Å². The minimum absolute atomic E-state index is 0.233. The van der Waals surface area contributed by atoms with Crippen LogP contribution in [0, 0.1) is 0 Å². The van der Waals surface area contributed by atoms with E-state index in [9.17, 15) is 8.42 Å². The summed E-state index contributed by atoms with van der Waals surface area (Å²) in [4.78, 5) is 2.34. The van der Waals surface area contributed by atoms with Gasteiger partial charge in [-0.05, 0) is 30.9 Å². The fourth-order valence-electron chi connectivity index (χ4n) is 3.13. The van der Waals surface area contributed by atoms with E-state index in [1.54, 1.807) is 4.31 Å². The number of anilines is 2. The van der Waals surface area contributed by atoms with Crippen molar-refractivity contribution in [2.24, 2.45) is 0 Å². The van der Waals surface area contributed by atoms with Crippen LogP contribution in [0.1, 0.15) is 25.3 Å². The predicted octanol–water partition coefficient (Wildman–Crippen LogP) is 2.00. The quantitative estimate of drug-likeness (QED) is 0.850. The second-order valence-corrected chi connectivity index (χ2v) is 7.28. The average Bonchev–Trinajstić information content (AvgIpc) is 2.39. The molecule has 5 heteroatoms. The summed E-state index contributed by atoms with van der Waals surface area (Å²) in [7, 11) is -3.16. The topological polar surface area (TPSA) is 40.6 Å². The SMILES string of the molecule is CCCS(=O)(=O)N1CCN2CCCc3cccc1c32. The van der Waals surface area contributed by atoms with Crippen LogP contribution in [0.2, 0.25) is 0 Å². The first-order valence-corrected chi connectivity index (χ1v) is 8.61. The van der Waals surface area contributed by atoms with E-state index in [-0.39, 0.29) is 5.75 Å².